The van der Waals surface area contributed by atoms with E-state index in [0.717, 1.165) is 36.9 Å². The number of hydrogen-bond donors (Lipinski definition) is 2. The van der Waals surface area contributed by atoms with Crippen LogP contribution in [0.25, 0.3) is 0 Å². The van der Waals surface area contributed by atoms with Crippen molar-refractivity contribution in [3.63, 3.8) is 0 Å². The fraction of sp³-hybridized carbons (Fsp3) is 0.400. The van der Waals surface area contributed by atoms with E-state index in [0.29, 0.717) is 5.69 Å². The van der Waals surface area contributed by atoms with E-state index in [4.69, 9.17) is 16.7 Å². The van der Waals surface area contributed by atoms with Gasteiger partial charge < -0.3 is 10.2 Å². The molecule has 1 aliphatic rings. The van der Waals surface area contributed by atoms with Gasteiger partial charge in [-0.05, 0) is 23.8 Å². The number of benzene rings is 1. The van der Waals surface area contributed by atoms with Gasteiger partial charge in [0.05, 0.1) is 24.5 Å². The van der Waals surface area contributed by atoms with Crippen molar-refractivity contribution < 1.29 is 10.2 Å². The Hall–Kier alpha value is -1.40. The molecule has 1 aromatic carbocycles. The Morgan fingerprint density at radius 1 is 1.24 bits per heavy atom. The van der Waals surface area contributed by atoms with Crippen molar-refractivity contribution in [3.8, 4) is 0 Å². The van der Waals surface area contributed by atoms with Gasteiger partial charge in [-0.1, -0.05) is 23.7 Å². The van der Waals surface area contributed by atoms with Gasteiger partial charge in [-0.2, -0.15) is 5.10 Å². The fourth-order valence-corrected chi connectivity index (χ4v) is 2.71. The molecule has 3 rings (SSSR count). The number of fused-ring (bicyclic) bond motifs is 1. The van der Waals surface area contributed by atoms with Crippen molar-refractivity contribution in [2.45, 2.75) is 25.7 Å². The summed E-state index contributed by atoms with van der Waals surface area (Å²) in [5.74, 6) is 0. The monoisotopic (exact) mass is 307 g/mol. The Morgan fingerprint density at radius 2 is 2.00 bits per heavy atom. The minimum atomic E-state index is -0.896. The Kier molecular flexibility index (Phi) is 4.26. The second kappa shape index (κ2) is 6.15. The molecule has 1 atom stereocenters. The number of aromatic nitrogens is 2. The van der Waals surface area contributed by atoms with E-state index in [1.165, 1.54) is 5.56 Å². The third-order valence-corrected chi connectivity index (χ3v) is 3.98. The lowest BCUT2D eigenvalue weighted by atomic mass is 10.2. The molecule has 0 amide bonds. The molecule has 0 fully saturated rings. The van der Waals surface area contributed by atoms with E-state index in [9.17, 15) is 5.11 Å². The predicted molar refractivity (Wildman–Crippen MR) is 79.8 cm³/mol. The molecule has 0 spiro atoms. The molecule has 0 saturated carbocycles. The largest absolute Gasteiger partial charge is 0.393 e. The van der Waals surface area contributed by atoms with Crippen LogP contribution in [-0.2, 0) is 19.6 Å². The number of aliphatic hydroxyl groups excluding tert-OH is 2. The van der Waals surface area contributed by atoms with Crippen LogP contribution in [0.3, 0.4) is 0 Å². The number of aliphatic hydroxyl groups is 2. The Morgan fingerprint density at radius 3 is 2.71 bits per heavy atom. The molecular weight excluding hydrogens is 290 g/mol. The van der Waals surface area contributed by atoms with Gasteiger partial charge >= 0.3 is 0 Å². The molecule has 6 heteroatoms. The van der Waals surface area contributed by atoms with E-state index in [-0.39, 0.29) is 6.61 Å². The highest BCUT2D eigenvalue weighted by atomic mass is 35.5. The molecule has 5 nitrogen and oxygen atoms in total. The minimum Gasteiger partial charge on any atom is -0.393 e. The van der Waals surface area contributed by atoms with Gasteiger partial charge in [0.2, 0.25) is 0 Å². The topological polar surface area (TPSA) is 61.5 Å². The number of rotatable bonds is 4. The number of halogens is 1. The van der Waals surface area contributed by atoms with E-state index in [1.807, 2.05) is 35.0 Å². The van der Waals surface area contributed by atoms with Crippen LogP contribution >= 0.6 is 11.6 Å². The molecule has 0 saturated heterocycles. The quantitative estimate of drug-likeness (QED) is 0.900. The van der Waals surface area contributed by atoms with Crippen LogP contribution in [0.15, 0.2) is 30.3 Å². The van der Waals surface area contributed by atoms with Crippen LogP contribution in [0.1, 0.15) is 23.1 Å². The fourth-order valence-electron chi connectivity index (χ4n) is 2.58. The highest BCUT2D eigenvalue weighted by molar-refractivity contribution is 6.30. The highest BCUT2D eigenvalue weighted by Gasteiger charge is 2.20. The average Bonchev–Trinajstić information content (AvgIpc) is 2.92. The highest BCUT2D eigenvalue weighted by Crippen LogP contribution is 2.20. The predicted octanol–water partition coefficient (Wildman–Crippen LogP) is 1.58. The van der Waals surface area contributed by atoms with Gasteiger partial charge in [0.15, 0.2) is 0 Å². The lowest BCUT2D eigenvalue weighted by Crippen LogP contribution is -2.33. The molecule has 0 bridgehead atoms. The molecule has 1 aliphatic heterocycles. The van der Waals surface area contributed by atoms with Crippen molar-refractivity contribution in [1.82, 2.24) is 14.7 Å². The number of nitrogens with zero attached hydrogens (tertiary/aromatic N) is 3. The summed E-state index contributed by atoms with van der Waals surface area (Å²) < 4.78 is 1.91. The smallest absolute Gasteiger partial charge is 0.121 e. The summed E-state index contributed by atoms with van der Waals surface area (Å²) in [5.41, 5.74) is 2.83. The minimum absolute atomic E-state index is 0.301. The van der Waals surface area contributed by atoms with E-state index in [2.05, 4.69) is 10.00 Å². The summed E-state index contributed by atoms with van der Waals surface area (Å²) >= 11 is 5.90. The maximum Gasteiger partial charge on any atom is 0.121 e. The summed E-state index contributed by atoms with van der Waals surface area (Å²) in [7, 11) is 0. The third-order valence-electron chi connectivity index (χ3n) is 3.73. The van der Waals surface area contributed by atoms with Gasteiger partial charge in [0, 0.05) is 24.7 Å². The van der Waals surface area contributed by atoms with Crippen LogP contribution in [0, 0.1) is 0 Å². The zero-order valence-corrected chi connectivity index (χ0v) is 12.4. The molecule has 2 aromatic rings. The van der Waals surface area contributed by atoms with Crippen molar-refractivity contribution in [2.24, 2.45) is 0 Å². The second-order valence-electron chi connectivity index (χ2n) is 5.32. The van der Waals surface area contributed by atoms with Crippen molar-refractivity contribution in [2.75, 3.05) is 13.2 Å². The zero-order chi connectivity index (χ0) is 14.8. The molecule has 2 N–H and O–H groups in total. The Balaban J connectivity index is 1.69. The standard InChI is InChI=1S/C15H18ClN3O2/c16-12-3-1-11(2-4-12)8-18-5-6-19-13(9-18)7-14(17-19)15(21)10-20/h1-4,7,15,20-21H,5-6,8-10H2/t15-/m0/s1. The van der Waals surface area contributed by atoms with Crippen LogP contribution in [0.5, 0.6) is 0 Å². The maximum absolute atomic E-state index is 9.65. The summed E-state index contributed by atoms with van der Waals surface area (Å²) in [6.07, 6.45) is -0.896. The molecule has 0 radical (unpaired) electrons. The van der Waals surface area contributed by atoms with Crippen LogP contribution in [-0.4, -0.2) is 38.0 Å². The van der Waals surface area contributed by atoms with Crippen molar-refractivity contribution in [3.05, 3.63) is 52.3 Å². The Bertz CT molecular complexity index is 612. The van der Waals surface area contributed by atoms with Gasteiger partial charge in [-0.25, -0.2) is 0 Å². The van der Waals surface area contributed by atoms with Crippen LogP contribution in [0.2, 0.25) is 5.02 Å². The number of hydrogen-bond acceptors (Lipinski definition) is 4. The second-order valence-corrected chi connectivity index (χ2v) is 5.76. The summed E-state index contributed by atoms with van der Waals surface area (Å²) in [5, 5.41) is 23.7. The third kappa shape index (κ3) is 3.27. The van der Waals surface area contributed by atoms with Crippen LogP contribution in [0.4, 0.5) is 0 Å². The van der Waals surface area contributed by atoms with Gasteiger partial charge in [-0.15, -0.1) is 0 Å². The first-order valence-corrected chi connectivity index (χ1v) is 7.36. The van der Waals surface area contributed by atoms with E-state index in [1.54, 1.807) is 0 Å². The first kappa shape index (κ1) is 14.5. The summed E-state index contributed by atoms with van der Waals surface area (Å²) in [6.45, 7) is 3.05. The summed E-state index contributed by atoms with van der Waals surface area (Å²) in [6, 6.07) is 9.75. The maximum atomic E-state index is 9.65. The van der Waals surface area contributed by atoms with Gasteiger partial charge in [-0.3, -0.25) is 9.58 Å². The zero-order valence-electron chi connectivity index (χ0n) is 11.6. The van der Waals surface area contributed by atoms with Gasteiger partial charge in [0.1, 0.15) is 6.10 Å². The molecule has 21 heavy (non-hydrogen) atoms. The molecule has 1 aromatic heterocycles. The molecule has 0 aliphatic carbocycles. The van der Waals surface area contributed by atoms with Crippen LogP contribution < -0.4 is 0 Å². The Labute approximate surface area is 128 Å². The van der Waals surface area contributed by atoms with E-state index < -0.39 is 6.10 Å². The first-order valence-electron chi connectivity index (χ1n) is 6.98. The molecule has 0 unspecified atom stereocenters. The molecular formula is C15H18ClN3O2. The first-order chi connectivity index (χ1) is 10.2. The average molecular weight is 308 g/mol. The SMILES string of the molecule is OC[C@H](O)c1cc2n(n1)CCN(Cc1ccc(Cl)cc1)C2. The normalized spacial score (nSPS) is 16.7. The summed E-state index contributed by atoms with van der Waals surface area (Å²) in [4.78, 5) is 2.33. The van der Waals surface area contributed by atoms with E-state index >= 15 is 0 Å². The lowest BCUT2D eigenvalue weighted by molar-refractivity contribution is 0.0915. The van der Waals surface area contributed by atoms with Crippen molar-refractivity contribution in [1.29, 1.82) is 0 Å². The van der Waals surface area contributed by atoms with Gasteiger partial charge in [0.25, 0.3) is 0 Å². The molecule has 2 heterocycles. The van der Waals surface area contributed by atoms with Crippen molar-refractivity contribution >= 4 is 11.6 Å². The lowest BCUT2D eigenvalue weighted by Gasteiger charge is -2.27. The molecule has 112 valence electrons.